The van der Waals surface area contributed by atoms with Gasteiger partial charge in [-0.2, -0.15) is 0 Å². The number of nitrogens with one attached hydrogen (secondary N) is 1. The maximum atomic E-state index is 12.1. The molecule has 1 aliphatic carbocycles. The topological polar surface area (TPSA) is 54.7 Å². The van der Waals surface area contributed by atoms with E-state index in [1.54, 1.807) is 12.5 Å². The Morgan fingerprint density at radius 1 is 1.45 bits per heavy atom. The molecule has 2 fully saturated rings. The molecule has 0 bridgehead atoms. The molecule has 3 rings (SSSR count). The normalized spacial score (nSPS) is 26.6. The first-order valence-electron chi connectivity index (χ1n) is 8.32. The average Bonchev–Trinajstić information content (AvgIpc) is 3.23. The van der Waals surface area contributed by atoms with Gasteiger partial charge in [0.1, 0.15) is 0 Å². The van der Waals surface area contributed by atoms with Crippen LogP contribution in [-0.2, 0) is 16.1 Å². The number of rotatable bonds is 6. The van der Waals surface area contributed by atoms with Crippen molar-refractivity contribution in [2.24, 2.45) is 11.8 Å². The third-order valence-corrected chi connectivity index (χ3v) is 4.81. The first-order chi connectivity index (χ1) is 10.7. The van der Waals surface area contributed by atoms with Crippen LogP contribution in [0.5, 0.6) is 0 Å². The van der Waals surface area contributed by atoms with Crippen molar-refractivity contribution in [3.63, 3.8) is 0 Å². The molecule has 1 aromatic rings. The van der Waals surface area contributed by atoms with Crippen molar-refractivity contribution in [1.29, 1.82) is 0 Å². The van der Waals surface area contributed by atoms with Crippen molar-refractivity contribution in [3.05, 3.63) is 24.2 Å². The highest BCUT2D eigenvalue weighted by Crippen LogP contribution is 2.27. The summed E-state index contributed by atoms with van der Waals surface area (Å²) in [7, 11) is 0. The first-order valence-corrected chi connectivity index (χ1v) is 8.32. The molecule has 22 heavy (non-hydrogen) atoms. The zero-order valence-corrected chi connectivity index (χ0v) is 13.3. The molecule has 1 aromatic heterocycles. The van der Waals surface area contributed by atoms with Crippen molar-refractivity contribution in [2.75, 3.05) is 26.3 Å². The second kappa shape index (κ2) is 7.29. The third kappa shape index (κ3) is 4.34. The quantitative estimate of drug-likeness (QED) is 0.874. The lowest BCUT2D eigenvalue weighted by Gasteiger charge is -2.30. The Kier molecular flexibility index (Phi) is 5.16. The highest BCUT2D eigenvalue weighted by Gasteiger charge is 2.29. The number of nitrogens with zero attached hydrogens (tertiary/aromatic N) is 1. The van der Waals surface area contributed by atoms with E-state index in [0.29, 0.717) is 19.1 Å². The van der Waals surface area contributed by atoms with Crippen LogP contribution in [0.2, 0.25) is 0 Å². The van der Waals surface area contributed by atoms with Gasteiger partial charge in [0.2, 0.25) is 5.91 Å². The smallest absolute Gasteiger partial charge is 0.220 e. The zero-order chi connectivity index (χ0) is 15.4. The largest absolute Gasteiger partial charge is 0.472 e. The van der Waals surface area contributed by atoms with Crippen LogP contribution in [0.1, 0.15) is 31.7 Å². The first kappa shape index (κ1) is 15.6. The summed E-state index contributed by atoms with van der Waals surface area (Å²) in [4.78, 5) is 14.5. The van der Waals surface area contributed by atoms with Gasteiger partial charge in [-0.1, -0.05) is 0 Å². The van der Waals surface area contributed by atoms with E-state index in [2.05, 4.69) is 17.1 Å². The molecule has 1 saturated heterocycles. The number of amides is 1. The Labute approximate surface area is 132 Å². The summed E-state index contributed by atoms with van der Waals surface area (Å²) in [6.45, 7) is 6.18. The number of carbonyl (C=O) groups is 1. The van der Waals surface area contributed by atoms with E-state index < -0.39 is 0 Å². The van der Waals surface area contributed by atoms with Crippen LogP contribution >= 0.6 is 0 Å². The molecule has 122 valence electrons. The monoisotopic (exact) mass is 306 g/mol. The molecule has 5 nitrogen and oxygen atoms in total. The molecule has 0 unspecified atom stereocenters. The molecule has 0 spiro atoms. The van der Waals surface area contributed by atoms with Gasteiger partial charge in [-0.15, -0.1) is 0 Å². The van der Waals surface area contributed by atoms with Crippen LogP contribution in [0.4, 0.5) is 0 Å². The average molecular weight is 306 g/mol. The minimum Gasteiger partial charge on any atom is -0.472 e. The van der Waals surface area contributed by atoms with Gasteiger partial charge in [-0.3, -0.25) is 9.69 Å². The number of hydrogen-bond acceptors (Lipinski definition) is 4. The zero-order valence-electron chi connectivity index (χ0n) is 13.3. The highest BCUT2D eigenvalue weighted by atomic mass is 16.5. The van der Waals surface area contributed by atoms with Crippen LogP contribution in [0.25, 0.3) is 0 Å². The Bertz CT molecular complexity index is 470. The molecule has 1 amide bonds. The maximum Gasteiger partial charge on any atom is 0.220 e. The predicted molar refractivity (Wildman–Crippen MR) is 83.2 cm³/mol. The van der Waals surface area contributed by atoms with Crippen LogP contribution < -0.4 is 5.32 Å². The van der Waals surface area contributed by atoms with Gasteiger partial charge in [0.25, 0.3) is 0 Å². The minimum absolute atomic E-state index is 0.164. The molecule has 1 N–H and O–H groups in total. The SMILES string of the molecule is C[C@@H]1[C@@H](CC(=O)NCC2CC2)COCCN1Cc1ccoc1. The molecule has 2 aliphatic rings. The van der Waals surface area contributed by atoms with E-state index in [4.69, 9.17) is 9.15 Å². The minimum atomic E-state index is 0.164. The molecule has 2 heterocycles. The fraction of sp³-hybridized carbons (Fsp3) is 0.706. The fourth-order valence-corrected chi connectivity index (χ4v) is 3.02. The fourth-order valence-electron chi connectivity index (χ4n) is 3.02. The van der Waals surface area contributed by atoms with Gasteiger partial charge in [0.15, 0.2) is 0 Å². The van der Waals surface area contributed by atoms with Gasteiger partial charge in [0.05, 0.1) is 25.7 Å². The summed E-state index contributed by atoms with van der Waals surface area (Å²) in [5.74, 6) is 1.13. The van der Waals surface area contributed by atoms with E-state index in [-0.39, 0.29) is 11.8 Å². The van der Waals surface area contributed by atoms with E-state index in [9.17, 15) is 4.79 Å². The number of hydrogen-bond donors (Lipinski definition) is 1. The third-order valence-electron chi connectivity index (χ3n) is 4.81. The lowest BCUT2D eigenvalue weighted by molar-refractivity contribution is -0.122. The molecule has 2 atom stereocenters. The number of carbonyl (C=O) groups excluding carboxylic acids is 1. The second-order valence-corrected chi connectivity index (χ2v) is 6.63. The second-order valence-electron chi connectivity index (χ2n) is 6.63. The van der Waals surface area contributed by atoms with Gasteiger partial charge >= 0.3 is 0 Å². The van der Waals surface area contributed by atoms with Crippen molar-refractivity contribution in [1.82, 2.24) is 10.2 Å². The Morgan fingerprint density at radius 2 is 2.32 bits per heavy atom. The van der Waals surface area contributed by atoms with Crippen molar-refractivity contribution in [2.45, 2.75) is 38.8 Å². The summed E-state index contributed by atoms with van der Waals surface area (Å²) in [6.07, 6.45) is 6.58. The summed E-state index contributed by atoms with van der Waals surface area (Å²) in [5.41, 5.74) is 1.17. The van der Waals surface area contributed by atoms with E-state index >= 15 is 0 Å². The predicted octanol–water partition coefficient (Wildman–Crippen LogP) is 2.03. The van der Waals surface area contributed by atoms with Gasteiger partial charge in [-0.25, -0.2) is 0 Å². The lowest BCUT2D eigenvalue weighted by atomic mass is 9.96. The van der Waals surface area contributed by atoms with Crippen LogP contribution in [-0.4, -0.2) is 43.2 Å². The summed E-state index contributed by atoms with van der Waals surface area (Å²) < 4.78 is 10.9. The molecular formula is C17H26N2O3. The standard InChI is InChI=1S/C17H26N2O3/c1-13-16(8-17(20)18-9-14-2-3-14)12-22-7-5-19(13)10-15-4-6-21-11-15/h4,6,11,13-14,16H,2-3,5,7-10,12H2,1H3,(H,18,20)/t13-,16+/m1/s1. The van der Waals surface area contributed by atoms with Crippen LogP contribution in [0.15, 0.2) is 23.0 Å². The Balaban J connectivity index is 1.53. The van der Waals surface area contributed by atoms with E-state index in [1.807, 2.05) is 6.07 Å². The van der Waals surface area contributed by atoms with Gasteiger partial charge in [-0.05, 0) is 31.7 Å². The summed E-state index contributed by atoms with van der Waals surface area (Å²) in [6, 6.07) is 2.32. The molecule has 5 heteroatoms. The number of furan rings is 1. The Hall–Kier alpha value is -1.33. The molecule has 0 aromatic carbocycles. The summed E-state index contributed by atoms with van der Waals surface area (Å²) in [5, 5.41) is 3.07. The highest BCUT2D eigenvalue weighted by molar-refractivity contribution is 5.76. The van der Waals surface area contributed by atoms with Crippen molar-refractivity contribution in [3.8, 4) is 0 Å². The van der Waals surface area contributed by atoms with Gasteiger partial charge < -0.3 is 14.5 Å². The summed E-state index contributed by atoms with van der Waals surface area (Å²) >= 11 is 0. The van der Waals surface area contributed by atoms with E-state index in [0.717, 1.165) is 32.2 Å². The van der Waals surface area contributed by atoms with Crippen LogP contribution in [0.3, 0.4) is 0 Å². The maximum absolute atomic E-state index is 12.1. The number of ether oxygens (including phenoxy) is 1. The molecule has 0 radical (unpaired) electrons. The molecule has 1 aliphatic heterocycles. The van der Waals surface area contributed by atoms with Crippen molar-refractivity contribution < 1.29 is 13.9 Å². The molecule has 1 saturated carbocycles. The Morgan fingerprint density at radius 3 is 3.05 bits per heavy atom. The van der Waals surface area contributed by atoms with E-state index in [1.165, 1.54) is 18.4 Å². The molecular weight excluding hydrogens is 280 g/mol. The van der Waals surface area contributed by atoms with Crippen molar-refractivity contribution >= 4 is 5.91 Å². The van der Waals surface area contributed by atoms with Gasteiger partial charge in [0, 0.05) is 43.6 Å². The van der Waals surface area contributed by atoms with Crippen LogP contribution in [0, 0.1) is 11.8 Å². The lowest BCUT2D eigenvalue weighted by Crippen LogP contribution is -2.40.